The van der Waals surface area contributed by atoms with Gasteiger partial charge in [-0.05, 0) is 51.5 Å². The van der Waals surface area contributed by atoms with E-state index in [4.69, 9.17) is 4.74 Å². The van der Waals surface area contributed by atoms with Gasteiger partial charge in [0.2, 0.25) is 0 Å². The first-order valence-electron chi connectivity index (χ1n) is 8.77. The molecule has 1 amide bonds. The lowest BCUT2D eigenvalue weighted by atomic mass is 9.84. The molecule has 0 aromatic carbocycles. The third kappa shape index (κ3) is 4.07. The summed E-state index contributed by atoms with van der Waals surface area (Å²) in [7, 11) is 0. The van der Waals surface area contributed by atoms with Crippen molar-refractivity contribution in [2.75, 3.05) is 11.9 Å². The Labute approximate surface area is 148 Å². The van der Waals surface area contributed by atoms with Crippen LogP contribution < -0.4 is 5.32 Å². The number of hydrogen-bond donors (Lipinski definition) is 1. The van der Waals surface area contributed by atoms with Gasteiger partial charge in [0.15, 0.2) is 0 Å². The highest BCUT2D eigenvalue weighted by Gasteiger charge is 2.30. The Kier molecular flexibility index (Phi) is 6.60. The highest BCUT2D eigenvalue weighted by atomic mass is 32.1. The number of esters is 1. The maximum absolute atomic E-state index is 12.4. The molecule has 1 aliphatic carbocycles. The minimum atomic E-state index is -0.322. The van der Waals surface area contributed by atoms with Gasteiger partial charge in [-0.3, -0.25) is 4.79 Å². The monoisotopic (exact) mass is 349 g/mol. The number of amides is 1. The second-order valence-electron chi connectivity index (χ2n) is 6.25. The Hall–Kier alpha value is -1.62. The second-order valence-corrected chi connectivity index (χ2v) is 7.36. The van der Waals surface area contributed by atoms with Crippen LogP contribution in [0.4, 0.5) is 5.00 Å². The summed E-state index contributed by atoms with van der Waals surface area (Å²) in [4.78, 5) is 25.9. The van der Waals surface area contributed by atoms with Crippen molar-refractivity contribution in [2.45, 2.75) is 59.8 Å². The first-order chi connectivity index (χ1) is 11.5. The van der Waals surface area contributed by atoms with Gasteiger partial charge in [-0.2, -0.15) is 0 Å². The quantitative estimate of drug-likeness (QED) is 0.596. The van der Waals surface area contributed by atoms with E-state index in [1.165, 1.54) is 17.7 Å². The first kappa shape index (κ1) is 18.7. The van der Waals surface area contributed by atoms with E-state index in [1.807, 2.05) is 6.92 Å². The molecule has 1 aliphatic rings. The average Bonchev–Trinajstić information content (AvgIpc) is 2.91. The smallest absolute Gasteiger partial charge is 0.341 e. The molecule has 5 heteroatoms. The Morgan fingerprint density at radius 2 is 2.12 bits per heavy atom. The van der Waals surface area contributed by atoms with Gasteiger partial charge in [0.25, 0.3) is 5.91 Å². The molecule has 2 rings (SSSR count). The molecule has 24 heavy (non-hydrogen) atoms. The van der Waals surface area contributed by atoms with E-state index in [1.54, 1.807) is 31.3 Å². The van der Waals surface area contributed by atoms with E-state index in [9.17, 15) is 9.59 Å². The van der Waals surface area contributed by atoms with Gasteiger partial charge in [-0.15, -0.1) is 11.3 Å². The third-order valence-electron chi connectivity index (χ3n) is 4.56. The van der Waals surface area contributed by atoms with Crippen LogP contribution in [0.15, 0.2) is 11.6 Å². The lowest BCUT2D eigenvalue weighted by Gasteiger charge is -2.21. The van der Waals surface area contributed by atoms with Crippen molar-refractivity contribution in [2.24, 2.45) is 5.92 Å². The van der Waals surface area contributed by atoms with Gasteiger partial charge >= 0.3 is 5.97 Å². The Bertz CT molecular complexity index is 645. The predicted octanol–water partition coefficient (Wildman–Crippen LogP) is 4.73. The summed E-state index contributed by atoms with van der Waals surface area (Å²) in [6.45, 7) is 7.94. The molecule has 0 radical (unpaired) electrons. The van der Waals surface area contributed by atoms with Gasteiger partial charge in [-0.1, -0.05) is 25.8 Å². The van der Waals surface area contributed by atoms with Crippen LogP contribution in [0.1, 0.15) is 67.8 Å². The molecule has 132 valence electrons. The summed E-state index contributed by atoms with van der Waals surface area (Å²) >= 11 is 1.54. The molecule has 1 aromatic heterocycles. The molecule has 0 bridgehead atoms. The fourth-order valence-electron chi connectivity index (χ4n) is 3.15. The number of anilines is 1. The largest absolute Gasteiger partial charge is 0.462 e. The number of nitrogens with one attached hydrogen (secondary N) is 1. The molecular weight excluding hydrogens is 322 g/mol. The van der Waals surface area contributed by atoms with Gasteiger partial charge < -0.3 is 10.1 Å². The van der Waals surface area contributed by atoms with Crippen LogP contribution in [0.2, 0.25) is 0 Å². The molecule has 1 unspecified atom stereocenters. The lowest BCUT2D eigenvalue weighted by Crippen LogP contribution is -2.17. The first-order valence-corrected chi connectivity index (χ1v) is 9.59. The zero-order chi connectivity index (χ0) is 17.7. The molecule has 0 spiro atoms. The molecule has 0 fully saturated rings. The number of thiophene rings is 1. The van der Waals surface area contributed by atoms with Gasteiger partial charge in [0.1, 0.15) is 5.00 Å². The minimum absolute atomic E-state index is 0.160. The number of fused-ring (bicyclic) bond motifs is 1. The summed E-state index contributed by atoms with van der Waals surface area (Å²) in [5.74, 6) is 0.196. The van der Waals surface area contributed by atoms with Crippen molar-refractivity contribution >= 4 is 28.2 Å². The van der Waals surface area contributed by atoms with Gasteiger partial charge in [0.05, 0.1) is 12.2 Å². The molecule has 0 saturated heterocycles. The minimum Gasteiger partial charge on any atom is -0.462 e. The lowest BCUT2D eigenvalue weighted by molar-refractivity contribution is -0.112. The Morgan fingerprint density at radius 1 is 1.38 bits per heavy atom. The summed E-state index contributed by atoms with van der Waals surface area (Å²) in [5.41, 5.74) is 2.29. The van der Waals surface area contributed by atoms with E-state index in [2.05, 4.69) is 12.2 Å². The summed E-state index contributed by atoms with van der Waals surface area (Å²) in [6, 6.07) is 0. The normalized spacial score (nSPS) is 17.3. The number of ether oxygens (including phenoxy) is 1. The van der Waals surface area contributed by atoms with E-state index >= 15 is 0 Å². The molecule has 1 N–H and O–H groups in total. The van der Waals surface area contributed by atoms with Crippen LogP contribution in [-0.4, -0.2) is 18.5 Å². The van der Waals surface area contributed by atoms with E-state index < -0.39 is 0 Å². The highest BCUT2D eigenvalue weighted by Crippen LogP contribution is 2.41. The van der Waals surface area contributed by atoms with Crippen LogP contribution in [-0.2, 0) is 22.4 Å². The maximum atomic E-state index is 12.4. The fourth-order valence-corrected chi connectivity index (χ4v) is 4.49. The zero-order valence-electron chi connectivity index (χ0n) is 15.0. The van der Waals surface area contributed by atoms with Gasteiger partial charge in [0, 0.05) is 10.5 Å². The maximum Gasteiger partial charge on any atom is 0.341 e. The van der Waals surface area contributed by atoms with Crippen molar-refractivity contribution in [3.8, 4) is 0 Å². The summed E-state index contributed by atoms with van der Waals surface area (Å²) in [6.07, 6.45) is 7.16. The zero-order valence-corrected chi connectivity index (χ0v) is 15.8. The Balaban J connectivity index is 2.35. The van der Waals surface area contributed by atoms with Crippen LogP contribution in [0.25, 0.3) is 0 Å². The van der Waals surface area contributed by atoms with E-state index in [0.29, 0.717) is 28.7 Å². The predicted molar refractivity (Wildman–Crippen MR) is 98.8 cm³/mol. The highest BCUT2D eigenvalue weighted by molar-refractivity contribution is 7.17. The summed E-state index contributed by atoms with van der Waals surface area (Å²) < 4.78 is 5.24. The number of hydrogen-bond acceptors (Lipinski definition) is 4. The van der Waals surface area contributed by atoms with Gasteiger partial charge in [-0.25, -0.2) is 4.79 Å². The number of carbonyl (C=O) groups excluding carboxylic acids is 2. The molecule has 1 atom stereocenters. The molecule has 1 heterocycles. The SMILES string of the molecule is C/C=C(\C)C(=O)Nc1sc2c(c1C(=O)OCC)CCC(CCC)C2. The van der Waals surface area contributed by atoms with Crippen LogP contribution >= 0.6 is 11.3 Å². The van der Waals surface area contributed by atoms with Crippen molar-refractivity contribution in [3.05, 3.63) is 27.7 Å². The van der Waals surface area contributed by atoms with Crippen LogP contribution in [0.3, 0.4) is 0 Å². The number of carbonyl (C=O) groups is 2. The second kappa shape index (κ2) is 8.47. The van der Waals surface area contributed by atoms with Crippen molar-refractivity contribution < 1.29 is 14.3 Å². The third-order valence-corrected chi connectivity index (χ3v) is 5.73. The number of allylic oxidation sites excluding steroid dienone is 1. The average molecular weight is 349 g/mol. The molecule has 4 nitrogen and oxygen atoms in total. The van der Waals surface area contributed by atoms with Crippen LogP contribution in [0, 0.1) is 5.92 Å². The fraction of sp³-hybridized carbons (Fsp3) is 0.579. The van der Waals surface area contributed by atoms with Crippen molar-refractivity contribution in [1.29, 1.82) is 0 Å². The molecule has 1 aromatic rings. The van der Waals surface area contributed by atoms with Crippen molar-refractivity contribution in [1.82, 2.24) is 0 Å². The van der Waals surface area contributed by atoms with Crippen LogP contribution in [0.5, 0.6) is 0 Å². The van der Waals surface area contributed by atoms with E-state index in [-0.39, 0.29) is 11.9 Å². The standard InChI is InChI=1S/C19H27NO3S/c1-5-8-13-9-10-14-15(11-13)24-18(16(14)19(22)23-7-3)20-17(21)12(4)6-2/h6,13H,5,7-11H2,1-4H3,(H,20,21)/b12-6+. The summed E-state index contributed by atoms with van der Waals surface area (Å²) in [5, 5.41) is 3.56. The Morgan fingerprint density at radius 3 is 2.75 bits per heavy atom. The van der Waals surface area contributed by atoms with E-state index in [0.717, 1.165) is 24.8 Å². The topological polar surface area (TPSA) is 55.4 Å². The number of rotatable bonds is 6. The molecular formula is C19H27NO3S. The molecule has 0 aliphatic heterocycles. The van der Waals surface area contributed by atoms with Crippen molar-refractivity contribution in [3.63, 3.8) is 0 Å². The molecule has 0 saturated carbocycles.